The molecule has 0 saturated carbocycles. The van der Waals surface area contributed by atoms with Crippen LogP contribution in [0.25, 0.3) is 10.9 Å². The second kappa shape index (κ2) is 7.33. The highest BCUT2D eigenvalue weighted by atomic mass is 32.1. The van der Waals surface area contributed by atoms with Crippen LogP contribution in [-0.4, -0.2) is 22.8 Å². The number of nitrogens with zero attached hydrogens (tertiary/aromatic N) is 1. The van der Waals surface area contributed by atoms with Gasteiger partial charge in [-0.1, -0.05) is 0 Å². The van der Waals surface area contributed by atoms with Gasteiger partial charge in [0.15, 0.2) is 5.78 Å². The number of carbonyl (C=O) groups excluding carboxylic acids is 2. The second-order valence-corrected chi connectivity index (χ2v) is 8.37. The molecule has 0 bridgehead atoms. The van der Waals surface area contributed by atoms with Gasteiger partial charge in [-0.15, -0.1) is 11.3 Å². The first-order valence-electron chi connectivity index (χ1n) is 9.33. The number of nitrogens with one attached hydrogen (secondary N) is 1. The van der Waals surface area contributed by atoms with Crippen molar-refractivity contribution in [2.24, 2.45) is 7.05 Å². The molecule has 3 aromatic rings. The number of hydrogen-bond acceptors (Lipinski definition) is 3. The van der Waals surface area contributed by atoms with E-state index in [0.717, 1.165) is 37.8 Å². The highest BCUT2D eigenvalue weighted by molar-refractivity contribution is 7.14. The molecule has 1 amide bonds. The third kappa shape index (κ3) is 3.81. The molecule has 1 N–H and O–H groups in total. The first kappa shape index (κ1) is 19.7. The number of benzene rings is 1. The molecule has 0 radical (unpaired) electrons. The van der Waals surface area contributed by atoms with Crippen molar-refractivity contribution in [3.63, 3.8) is 0 Å². The van der Waals surface area contributed by atoms with Crippen LogP contribution in [0.15, 0.2) is 30.3 Å². The molecular weight excluding hydrogens is 401 g/mol. The van der Waals surface area contributed by atoms with Crippen LogP contribution in [0.2, 0.25) is 0 Å². The average Bonchev–Trinajstić information content (AvgIpc) is 3.26. The molecule has 1 aliphatic rings. The van der Waals surface area contributed by atoms with Gasteiger partial charge in [-0.25, -0.2) is 0 Å². The maximum atomic E-state index is 12.9. The zero-order valence-corrected chi connectivity index (χ0v) is 16.5. The number of aryl methyl sites for hydroxylation is 3. The lowest BCUT2D eigenvalue weighted by molar-refractivity contribution is -0.137. The zero-order chi connectivity index (χ0) is 20.8. The number of alkyl halides is 3. The van der Waals surface area contributed by atoms with E-state index in [1.165, 1.54) is 38.5 Å². The van der Waals surface area contributed by atoms with Crippen LogP contribution >= 0.6 is 11.3 Å². The predicted molar refractivity (Wildman–Crippen MR) is 106 cm³/mol. The topological polar surface area (TPSA) is 51.1 Å². The van der Waals surface area contributed by atoms with Crippen molar-refractivity contribution >= 4 is 33.9 Å². The van der Waals surface area contributed by atoms with Crippen LogP contribution in [0.3, 0.4) is 0 Å². The summed E-state index contributed by atoms with van der Waals surface area (Å²) in [4.78, 5) is 26.9. The number of Topliss-reactive ketones (excluding diaryl/α,β-unsaturated/α-hetero) is 1. The van der Waals surface area contributed by atoms with Gasteiger partial charge in [-0.05, 0) is 61.6 Å². The predicted octanol–water partition coefficient (Wildman–Crippen LogP) is 4.75. The molecule has 4 rings (SSSR count). The number of fused-ring (bicyclic) bond motifs is 2. The van der Waals surface area contributed by atoms with Gasteiger partial charge in [-0.3, -0.25) is 9.59 Å². The number of carbonyl (C=O) groups is 2. The summed E-state index contributed by atoms with van der Waals surface area (Å²) in [5.74, 6) is -0.650. The Balaban J connectivity index is 1.49. The van der Waals surface area contributed by atoms with E-state index in [1.807, 2.05) is 6.07 Å². The number of amides is 1. The van der Waals surface area contributed by atoms with Crippen LogP contribution in [0.5, 0.6) is 0 Å². The lowest BCUT2D eigenvalue weighted by Gasteiger charge is -2.08. The summed E-state index contributed by atoms with van der Waals surface area (Å²) in [5.41, 5.74) is 1.18. The number of halogens is 3. The summed E-state index contributed by atoms with van der Waals surface area (Å²) in [7, 11) is 1.61. The fourth-order valence-electron chi connectivity index (χ4n) is 3.71. The molecule has 4 nitrogen and oxygen atoms in total. The largest absolute Gasteiger partial charge is 0.416 e. The highest BCUT2D eigenvalue weighted by Crippen LogP contribution is 2.32. The summed E-state index contributed by atoms with van der Waals surface area (Å²) in [6.45, 7) is -0.145. The zero-order valence-electron chi connectivity index (χ0n) is 15.7. The summed E-state index contributed by atoms with van der Waals surface area (Å²) in [6, 6.07) is 6.69. The molecular formula is C21H19F3N2O2S. The van der Waals surface area contributed by atoms with Crippen molar-refractivity contribution in [3.05, 3.63) is 56.9 Å². The Morgan fingerprint density at radius 2 is 1.90 bits per heavy atom. The van der Waals surface area contributed by atoms with Crippen molar-refractivity contribution in [1.82, 2.24) is 9.88 Å². The number of ketones is 1. The molecule has 0 spiro atoms. The summed E-state index contributed by atoms with van der Waals surface area (Å²) >= 11 is 1.49. The number of rotatable bonds is 4. The number of aromatic nitrogens is 1. The van der Waals surface area contributed by atoms with Crippen molar-refractivity contribution < 1.29 is 22.8 Å². The third-order valence-electron chi connectivity index (χ3n) is 5.28. The number of hydrogen-bond donors (Lipinski definition) is 1. The Kier molecular flexibility index (Phi) is 4.98. The quantitative estimate of drug-likeness (QED) is 0.620. The average molecular weight is 420 g/mol. The smallest absolute Gasteiger partial charge is 0.343 e. The van der Waals surface area contributed by atoms with Gasteiger partial charge in [0, 0.05) is 22.8 Å². The Morgan fingerprint density at radius 3 is 2.62 bits per heavy atom. The SMILES string of the molecule is Cn1c(C(=O)NCC(=O)c2cc3c(s2)CCCC3)cc2cc(C(F)(F)F)ccc21. The van der Waals surface area contributed by atoms with Crippen LogP contribution in [0.1, 0.15) is 49.0 Å². The Bertz CT molecular complexity index is 1090. The molecule has 0 fully saturated rings. The first-order valence-corrected chi connectivity index (χ1v) is 10.2. The van der Waals surface area contributed by atoms with E-state index in [4.69, 9.17) is 0 Å². The monoisotopic (exact) mass is 420 g/mol. The Hall–Kier alpha value is -2.61. The Morgan fingerprint density at radius 1 is 1.14 bits per heavy atom. The fraction of sp³-hybridized carbons (Fsp3) is 0.333. The van der Waals surface area contributed by atoms with Crippen LogP contribution in [0, 0.1) is 0 Å². The molecule has 8 heteroatoms. The van der Waals surface area contributed by atoms with Crippen LogP contribution < -0.4 is 5.32 Å². The van der Waals surface area contributed by atoms with Crippen LogP contribution in [-0.2, 0) is 26.1 Å². The first-order chi connectivity index (χ1) is 13.7. The van der Waals surface area contributed by atoms with Gasteiger partial charge in [0.05, 0.1) is 17.0 Å². The van der Waals surface area contributed by atoms with Crippen molar-refractivity contribution in [3.8, 4) is 0 Å². The molecule has 2 aromatic heterocycles. The highest BCUT2D eigenvalue weighted by Gasteiger charge is 2.31. The molecule has 0 saturated heterocycles. The van der Waals surface area contributed by atoms with E-state index in [-0.39, 0.29) is 18.0 Å². The van der Waals surface area contributed by atoms with Gasteiger partial charge in [-0.2, -0.15) is 13.2 Å². The molecule has 0 unspecified atom stereocenters. The molecule has 2 heterocycles. The van der Waals surface area contributed by atoms with E-state index in [1.54, 1.807) is 7.05 Å². The minimum Gasteiger partial charge on any atom is -0.343 e. The summed E-state index contributed by atoms with van der Waals surface area (Å²) in [6.07, 6.45) is -0.199. The lowest BCUT2D eigenvalue weighted by Crippen LogP contribution is -2.30. The standard InChI is InChI=1S/C21H19F3N2O2S/c1-26-15-7-6-14(21(22,23)24)8-13(15)9-16(26)20(28)25-11-17(27)19-10-12-4-2-3-5-18(12)29-19/h6-10H,2-5,11H2,1H3,(H,25,28). The van der Waals surface area contributed by atoms with E-state index < -0.39 is 17.6 Å². The van der Waals surface area contributed by atoms with E-state index >= 15 is 0 Å². The van der Waals surface area contributed by atoms with E-state index in [2.05, 4.69) is 5.32 Å². The van der Waals surface area contributed by atoms with Crippen molar-refractivity contribution in [2.45, 2.75) is 31.9 Å². The molecule has 1 aromatic carbocycles. The van der Waals surface area contributed by atoms with Crippen molar-refractivity contribution in [1.29, 1.82) is 0 Å². The summed E-state index contributed by atoms with van der Waals surface area (Å²) in [5, 5.41) is 2.92. The van der Waals surface area contributed by atoms with Gasteiger partial charge in [0.1, 0.15) is 5.69 Å². The second-order valence-electron chi connectivity index (χ2n) is 7.23. The fourth-order valence-corrected chi connectivity index (χ4v) is 4.90. The van der Waals surface area contributed by atoms with Crippen LogP contribution in [0.4, 0.5) is 13.2 Å². The molecule has 152 valence electrons. The van der Waals surface area contributed by atoms with Gasteiger partial charge in [0.25, 0.3) is 5.91 Å². The molecule has 29 heavy (non-hydrogen) atoms. The van der Waals surface area contributed by atoms with E-state index in [0.29, 0.717) is 15.8 Å². The normalized spacial score (nSPS) is 14.1. The maximum absolute atomic E-state index is 12.9. The molecule has 1 aliphatic carbocycles. The Labute approximate surface area is 169 Å². The summed E-state index contributed by atoms with van der Waals surface area (Å²) < 4.78 is 40.3. The molecule has 0 atom stereocenters. The maximum Gasteiger partial charge on any atom is 0.416 e. The van der Waals surface area contributed by atoms with Crippen molar-refractivity contribution in [2.75, 3.05) is 6.54 Å². The van der Waals surface area contributed by atoms with Gasteiger partial charge >= 0.3 is 6.18 Å². The van der Waals surface area contributed by atoms with Gasteiger partial charge < -0.3 is 9.88 Å². The number of thiophene rings is 1. The minimum atomic E-state index is -4.45. The van der Waals surface area contributed by atoms with E-state index in [9.17, 15) is 22.8 Å². The molecule has 0 aliphatic heterocycles. The van der Waals surface area contributed by atoms with Gasteiger partial charge in [0.2, 0.25) is 0 Å². The minimum absolute atomic E-state index is 0.145. The lowest BCUT2D eigenvalue weighted by atomic mass is 9.99. The third-order valence-corrected chi connectivity index (χ3v) is 6.56.